The highest BCUT2D eigenvalue weighted by atomic mass is 19.1. The molecule has 2 N–H and O–H groups in total. The second kappa shape index (κ2) is 9.93. The first-order valence-corrected chi connectivity index (χ1v) is 10.9. The summed E-state index contributed by atoms with van der Waals surface area (Å²) in [5, 5.41) is 11.8. The molecule has 0 radical (unpaired) electrons. The lowest BCUT2D eigenvalue weighted by molar-refractivity contribution is -0.137. The van der Waals surface area contributed by atoms with Crippen LogP contribution in [-0.2, 0) is 22.6 Å². The molecule has 0 bridgehead atoms. The molecule has 1 unspecified atom stereocenters. The molecule has 7 nitrogen and oxygen atoms in total. The summed E-state index contributed by atoms with van der Waals surface area (Å²) < 4.78 is 13.8. The van der Waals surface area contributed by atoms with Crippen LogP contribution in [0.5, 0.6) is 0 Å². The molecule has 1 aromatic heterocycles. The number of carbonyl (C=O) groups is 2. The number of fused-ring (bicyclic) bond motifs is 1. The van der Waals surface area contributed by atoms with Gasteiger partial charge in [-0.25, -0.2) is 4.39 Å². The number of nitrogens with zero attached hydrogens (tertiary/aromatic N) is 3. The number of carbonyl (C=O) groups excluding carboxylic acids is 1. The Morgan fingerprint density at radius 1 is 1.12 bits per heavy atom. The predicted octanol–water partition coefficient (Wildman–Crippen LogP) is 4.16. The van der Waals surface area contributed by atoms with E-state index in [2.05, 4.69) is 15.2 Å². The summed E-state index contributed by atoms with van der Waals surface area (Å²) >= 11 is 0. The van der Waals surface area contributed by atoms with E-state index in [-0.39, 0.29) is 12.3 Å². The van der Waals surface area contributed by atoms with Crippen molar-refractivity contribution in [1.29, 1.82) is 0 Å². The number of halogens is 1. The van der Waals surface area contributed by atoms with Gasteiger partial charge < -0.3 is 15.3 Å². The summed E-state index contributed by atoms with van der Waals surface area (Å²) in [5.41, 5.74) is 4.64. The third-order valence-electron chi connectivity index (χ3n) is 5.52. The normalized spacial score (nSPS) is 15.4. The van der Waals surface area contributed by atoms with Crippen molar-refractivity contribution in [3.8, 4) is 0 Å². The zero-order valence-corrected chi connectivity index (χ0v) is 19.0. The molecular weight excluding hydrogens is 435 g/mol. The lowest BCUT2D eigenvalue weighted by atomic mass is 9.90. The van der Waals surface area contributed by atoms with Crippen LogP contribution in [0.15, 0.2) is 65.9 Å². The van der Waals surface area contributed by atoms with Crippen molar-refractivity contribution in [2.75, 3.05) is 19.4 Å². The number of carboxylic acids is 1. The molecule has 0 saturated heterocycles. The molecule has 2 heterocycles. The van der Waals surface area contributed by atoms with Crippen LogP contribution in [0.2, 0.25) is 0 Å². The largest absolute Gasteiger partial charge is 0.481 e. The molecule has 2 aromatic carbocycles. The van der Waals surface area contributed by atoms with E-state index < -0.39 is 17.7 Å². The minimum Gasteiger partial charge on any atom is -0.481 e. The fraction of sp³-hybridized carbons (Fsp3) is 0.231. The highest BCUT2D eigenvalue weighted by Crippen LogP contribution is 2.36. The van der Waals surface area contributed by atoms with E-state index in [9.17, 15) is 14.0 Å². The van der Waals surface area contributed by atoms with Gasteiger partial charge in [0, 0.05) is 36.6 Å². The van der Waals surface area contributed by atoms with Crippen LogP contribution < -0.4 is 5.32 Å². The zero-order valence-electron chi connectivity index (χ0n) is 19.0. The SMILES string of the molecule is CN(C)Cc1ccc(N=C(c2cncc(CCC(=O)O)c2)C2C(=O)Nc3cc(F)ccc32)cc1. The molecule has 1 aliphatic heterocycles. The number of pyridine rings is 1. The van der Waals surface area contributed by atoms with Gasteiger partial charge in [-0.2, -0.15) is 0 Å². The Hall–Kier alpha value is -3.91. The summed E-state index contributed by atoms with van der Waals surface area (Å²) in [5.74, 6) is -2.40. The van der Waals surface area contributed by atoms with E-state index in [0.717, 1.165) is 17.7 Å². The van der Waals surface area contributed by atoms with Crippen molar-refractivity contribution in [3.05, 3.63) is 89.0 Å². The Bertz CT molecular complexity index is 1260. The molecule has 34 heavy (non-hydrogen) atoms. The Morgan fingerprint density at radius 3 is 2.59 bits per heavy atom. The van der Waals surface area contributed by atoms with E-state index >= 15 is 0 Å². The van der Waals surface area contributed by atoms with Crippen molar-refractivity contribution < 1.29 is 19.1 Å². The maximum absolute atomic E-state index is 13.8. The molecule has 174 valence electrons. The van der Waals surface area contributed by atoms with E-state index in [1.54, 1.807) is 18.5 Å². The van der Waals surface area contributed by atoms with Crippen LogP contribution in [0.4, 0.5) is 15.8 Å². The molecule has 4 rings (SSSR count). The van der Waals surface area contributed by atoms with Crippen LogP contribution in [0.3, 0.4) is 0 Å². The van der Waals surface area contributed by atoms with E-state index in [4.69, 9.17) is 10.1 Å². The Labute approximate surface area is 197 Å². The maximum Gasteiger partial charge on any atom is 0.303 e. The number of aliphatic carboxylic acids is 1. The highest BCUT2D eigenvalue weighted by molar-refractivity contribution is 6.24. The van der Waals surface area contributed by atoms with Crippen molar-refractivity contribution in [2.45, 2.75) is 25.3 Å². The standard InChI is InChI=1S/C26H25FN4O3/c1-31(2)15-16-3-7-20(8-4-16)29-25(18-11-17(13-28-14-18)5-10-23(32)33)24-21-9-6-19(27)12-22(21)30-26(24)34/h3-4,6-9,11-14,24H,5,10,15H2,1-2H3,(H,30,34)(H,32,33). The minimum absolute atomic E-state index is 0.0308. The number of hydrogen-bond acceptors (Lipinski definition) is 5. The summed E-state index contributed by atoms with van der Waals surface area (Å²) in [6.07, 6.45) is 3.49. The first kappa shape index (κ1) is 23.3. The van der Waals surface area contributed by atoms with Crippen LogP contribution in [-0.4, -0.2) is 46.7 Å². The number of carboxylic acid groups (broad SMARTS) is 1. The lowest BCUT2D eigenvalue weighted by Crippen LogP contribution is -2.22. The van der Waals surface area contributed by atoms with Crippen molar-refractivity contribution in [3.63, 3.8) is 0 Å². The summed E-state index contributed by atoms with van der Waals surface area (Å²) in [6, 6.07) is 13.8. The second-order valence-electron chi connectivity index (χ2n) is 8.53. The third kappa shape index (κ3) is 5.35. The minimum atomic E-state index is -0.900. The second-order valence-corrected chi connectivity index (χ2v) is 8.53. The molecule has 0 aliphatic carbocycles. The van der Waals surface area contributed by atoms with Crippen LogP contribution in [0.1, 0.15) is 34.6 Å². The summed E-state index contributed by atoms with van der Waals surface area (Å²) in [7, 11) is 3.99. The van der Waals surface area contributed by atoms with Crippen molar-refractivity contribution in [1.82, 2.24) is 9.88 Å². The van der Waals surface area contributed by atoms with Gasteiger partial charge in [-0.3, -0.25) is 19.6 Å². The first-order valence-electron chi connectivity index (χ1n) is 10.9. The van der Waals surface area contributed by atoms with Gasteiger partial charge in [0.1, 0.15) is 11.7 Å². The number of aryl methyl sites for hydroxylation is 1. The highest BCUT2D eigenvalue weighted by Gasteiger charge is 2.36. The van der Waals surface area contributed by atoms with Crippen LogP contribution >= 0.6 is 0 Å². The van der Waals surface area contributed by atoms with Gasteiger partial charge in [0.05, 0.1) is 11.4 Å². The monoisotopic (exact) mass is 460 g/mol. The fourth-order valence-corrected chi connectivity index (χ4v) is 4.00. The Morgan fingerprint density at radius 2 is 1.88 bits per heavy atom. The zero-order chi connectivity index (χ0) is 24.2. The Kier molecular flexibility index (Phi) is 6.79. The number of nitrogens with one attached hydrogen (secondary N) is 1. The van der Waals surface area contributed by atoms with Crippen LogP contribution in [0.25, 0.3) is 0 Å². The quantitative estimate of drug-likeness (QED) is 0.493. The molecule has 3 aromatic rings. The number of hydrogen-bond donors (Lipinski definition) is 2. The first-order chi connectivity index (χ1) is 16.3. The van der Waals surface area contributed by atoms with Gasteiger partial charge in [0.2, 0.25) is 5.91 Å². The van der Waals surface area contributed by atoms with Crippen molar-refractivity contribution >= 4 is 29.0 Å². The Balaban J connectivity index is 1.78. The van der Waals surface area contributed by atoms with E-state index in [0.29, 0.717) is 34.6 Å². The average Bonchev–Trinajstić information content (AvgIpc) is 3.11. The number of aliphatic imine (C=N–C) groups is 1. The van der Waals surface area contributed by atoms with Crippen molar-refractivity contribution in [2.24, 2.45) is 4.99 Å². The molecule has 1 atom stereocenters. The predicted molar refractivity (Wildman–Crippen MR) is 128 cm³/mol. The number of amides is 1. The number of aromatic nitrogens is 1. The van der Waals surface area contributed by atoms with Gasteiger partial charge >= 0.3 is 5.97 Å². The fourth-order valence-electron chi connectivity index (χ4n) is 4.00. The molecule has 1 amide bonds. The van der Waals surface area contributed by atoms with Gasteiger partial charge in [-0.05, 0) is 67.5 Å². The van der Waals surface area contributed by atoms with Gasteiger partial charge in [-0.1, -0.05) is 18.2 Å². The van der Waals surface area contributed by atoms with Gasteiger partial charge in [0.25, 0.3) is 0 Å². The maximum atomic E-state index is 13.8. The van der Waals surface area contributed by atoms with Gasteiger partial charge in [-0.15, -0.1) is 0 Å². The molecule has 1 aliphatic rings. The number of anilines is 1. The van der Waals surface area contributed by atoms with Crippen LogP contribution in [0, 0.1) is 5.82 Å². The van der Waals surface area contributed by atoms with E-state index in [1.807, 2.05) is 44.4 Å². The number of benzene rings is 2. The lowest BCUT2D eigenvalue weighted by Gasteiger charge is -2.15. The molecule has 8 heteroatoms. The smallest absolute Gasteiger partial charge is 0.303 e. The molecule has 0 spiro atoms. The van der Waals surface area contributed by atoms with Gasteiger partial charge in [0.15, 0.2) is 0 Å². The third-order valence-corrected chi connectivity index (χ3v) is 5.52. The molecular formula is C26H25FN4O3. The molecule has 0 fully saturated rings. The number of rotatable bonds is 8. The topological polar surface area (TPSA) is 94.9 Å². The average molecular weight is 461 g/mol. The summed E-state index contributed by atoms with van der Waals surface area (Å²) in [4.78, 5) is 35.2. The van der Waals surface area contributed by atoms with E-state index in [1.165, 1.54) is 12.1 Å². The summed E-state index contributed by atoms with van der Waals surface area (Å²) in [6.45, 7) is 0.788. The molecule has 0 saturated carbocycles.